The summed E-state index contributed by atoms with van der Waals surface area (Å²) in [6.07, 6.45) is 0. The monoisotopic (exact) mass is 252 g/mol. The fourth-order valence-corrected chi connectivity index (χ4v) is 2.22. The first-order valence-corrected chi connectivity index (χ1v) is 6.34. The Kier molecular flexibility index (Phi) is 3.42. The molecule has 2 rings (SSSR count). The number of hydrogen-bond donors (Lipinski definition) is 0. The number of aryl methyl sites for hydroxylation is 1. The van der Waals surface area contributed by atoms with E-state index < -0.39 is 0 Å². The van der Waals surface area contributed by atoms with Crippen LogP contribution in [0.15, 0.2) is 10.6 Å². The van der Waals surface area contributed by atoms with Crippen molar-refractivity contribution in [3.05, 3.63) is 22.5 Å². The molecular formula is C11H16N4OS. The molecular weight excluding hydrogens is 236 g/mol. The Morgan fingerprint density at radius 3 is 2.71 bits per heavy atom. The predicted octanol–water partition coefficient (Wildman–Crippen LogP) is 2.59. The van der Waals surface area contributed by atoms with E-state index in [9.17, 15) is 0 Å². The molecule has 0 aliphatic rings. The molecule has 0 spiro atoms. The lowest BCUT2D eigenvalue weighted by Gasteiger charge is -2.12. The van der Waals surface area contributed by atoms with E-state index in [2.05, 4.69) is 29.2 Å². The van der Waals surface area contributed by atoms with Crippen LogP contribution in [0.3, 0.4) is 0 Å². The van der Waals surface area contributed by atoms with Crippen molar-refractivity contribution >= 4 is 16.5 Å². The molecule has 0 N–H and O–H groups in total. The first-order valence-electron chi connectivity index (χ1n) is 5.53. The summed E-state index contributed by atoms with van der Waals surface area (Å²) in [6.45, 7) is 6.80. The van der Waals surface area contributed by atoms with Gasteiger partial charge in [-0.25, -0.2) is 0 Å². The molecule has 92 valence electrons. The van der Waals surface area contributed by atoms with Gasteiger partial charge in [-0.1, -0.05) is 30.3 Å². The Morgan fingerprint density at radius 1 is 1.41 bits per heavy atom. The van der Waals surface area contributed by atoms with Gasteiger partial charge in [0.2, 0.25) is 5.13 Å². The molecule has 0 radical (unpaired) electrons. The zero-order chi connectivity index (χ0) is 12.4. The van der Waals surface area contributed by atoms with Gasteiger partial charge in [0.25, 0.3) is 0 Å². The lowest BCUT2D eigenvalue weighted by molar-refractivity contribution is 0.390. The molecule has 0 saturated carbocycles. The molecule has 0 aromatic carbocycles. The van der Waals surface area contributed by atoms with Gasteiger partial charge in [0, 0.05) is 19.0 Å². The summed E-state index contributed by atoms with van der Waals surface area (Å²) in [6, 6.07) is 1.93. The molecule has 0 bridgehead atoms. The molecule has 0 amide bonds. The maximum Gasteiger partial charge on any atom is 0.208 e. The number of anilines is 1. The van der Waals surface area contributed by atoms with E-state index in [-0.39, 0.29) is 0 Å². The molecule has 2 heterocycles. The maximum absolute atomic E-state index is 5.04. The highest BCUT2D eigenvalue weighted by atomic mass is 32.1. The van der Waals surface area contributed by atoms with Gasteiger partial charge in [0.05, 0.1) is 6.54 Å². The van der Waals surface area contributed by atoms with Crippen LogP contribution in [0.5, 0.6) is 0 Å². The minimum Gasteiger partial charge on any atom is -0.361 e. The largest absolute Gasteiger partial charge is 0.361 e. The number of hydrogen-bond acceptors (Lipinski definition) is 6. The maximum atomic E-state index is 5.04. The topological polar surface area (TPSA) is 55.1 Å². The molecule has 0 atom stereocenters. The Hall–Kier alpha value is -1.43. The molecule has 0 unspecified atom stereocenters. The fourth-order valence-electron chi connectivity index (χ4n) is 1.42. The second-order valence-corrected chi connectivity index (χ2v) is 5.35. The van der Waals surface area contributed by atoms with Gasteiger partial charge in [-0.2, -0.15) is 0 Å². The number of nitrogens with zero attached hydrogens (tertiary/aromatic N) is 4. The van der Waals surface area contributed by atoms with Crippen LogP contribution in [0.4, 0.5) is 5.13 Å². The molecule has 0 aliphatic carbocycles. The van der Waals surface area contributed by atoms with Gasteiger partial charge in [0.1, 0.15) is 16.5 Å². The van der Waals surface area contributed by atoms with E-state index in [0.717, 1.165) is 21.6 Å². The molecule has 0 saturated heterocycles. The average Bonchev–Trinajstić information content (AvgIpc) is 2.86. The zero-order valence-corrected chi connectivity index (χ0v) is 11.3. The van der Waals surface area contributed by atoms with Crippen LogP contribution in [0.1, 0.15) is 36.2 Å². The van der Waals surface area contributed by atoms with Crippen LogP contribution < -0.4 is 4.90 Å². The van der Waals surface area contributed by atoms with Gasteiger partial charge >= 0.3 is 0 Å². The molecule has 2 aromatic heterocycles. The van der Waals surface area contributed by atoms with Gasteiger partial charge in [-0.3, -0.25) is 0 Å². The van der Waals surface area contributed by atoms with E-state index in [0.29, 0.717) is 12.5 Å². The molecule has 0 aliphatic heterocycles. The molecule has 17 heavy (non-hydrogen) atoms. The third-order valence-corrected chi connectivity index (χ3v) is 3.66. The van der Waals surface area contributed by atoms with Crippen LogP contribution in [0.25, 0.3) is 0 Å². The van der Waals surface area contributed by atoms with Crippen molar-refractivity contribution in [2.45, 2.75) is 33.2 Å². The van der Waals surface area contributed by atoms with Crippen LogP contribution in [-0.4, -0.2) is 22.4 Å². The Morgan fingerprint density at radius 2 is 2.18 bits per heavy atom. The van der Waals surface area contributed by atoms with Crippen LogP contribution >= 0.6 is 11.3 Å². The fraction of sp³-hybridized carbons (Fsp3) is 0.545. The lowest BCUT2D eigenvalue weighted by atomic mass is 10.2. The van der Waals surface area contributed by atoms with Crippen LogP contribution in [0.2, 0.25) is 0 Å². The molecule has 5 nitrogen and oxygen atoms in total. The predicted molar refractivity (Wildman–Crippen MR) is 67.3 cm³/mol. The van der Waals surface area contributed by atoms with Crippen molar-refractivity contribution in [1.29, 1.82) is 0 Å². The molecule has 6 heteroatoms. The normalized spacial score (nSPS) is 11.1. The summed E-state index contributed by atoms with van der Waals surface area (Å²) in [5.41, 5.74) is 0.909. The van der Waals surface area contributed by atoms with Crippen molar-refractivity contribution in [3.8, 4) is 0 Å². The minimum absolute atomic E-state index is 0.420. The van der Waals surface area contributed by atoms with Crippen molar-refractivity contribution in [2.75, 3.05) is 11.9 Å². The Labute approximate surface area is 104 Å². The number of aromatic nitrogens is 3. The van der Waals surface area contributed by atoms with Crippen LogP contribution in [-0.2, 0) is 6.54 Å². The third-order valence-electron chi connectivity index (χ3n) is 2.33. The summed E-state index contributed by atoms with van der Waals surface area (Å²) in [7, 11) is 1.98. The van der Waals surface area contributed by atoms with E-state index >= 15 is 0 Å². The van der Waals surface area contributed by atoms with Crippen molar-refractivity contribution in [2.24, 2.45) is 0 Å². The van der Waals surface area contributed by atoms with Gasteiger partial charge in [-0.05, 0) is 6.92 Å². The first-order chi connectivity index (χ1) is 8.06. The van der Waals surface area contributed by atoms with Gasteiger partial charge in [0.15, 0.2) is 0 Å². The molecule has 0 fully saturated rings. The highest BCUT2D eigenvalue weighted by Gasteiger charge is 2.12. The summed E-state index contributed by atoms with van der Waals surface area (Å²) in [4.78, 5) is 2.03. The highest BCUT2D eigenvalue weighted by molar-refractivity contribution is 7.15. The Bertz CT molecular complexity index is 491. The van der Waals surface area contributed by atoms with Crippen LogP contribution in [0, 0.1) is 6.92 Å². The van der Waals surface area contributed by atoms with Crippen molar-refractivity contribution in [1.82, 2.24) is 15.4 Å². The first kappa shape index (κ1) is 12.0. The highest BCUT2D eigenvalue weighted by Crippen LogP contribution is 2.25. The minimum atomic E-state index is 0.420. The average molecular weight is 252 g/mol. The zero-order valence-electron chi connectivity index (χ0n) is 10.5. The second-order valence-electron chi connectivity index (χ2n) is 4.36. The molecule has 2 aromatic rings. The van der Waals surface area contributed by atoms with E-state index in [4.69, 9.17) is 4.52 Å². The second kappa shape index (κ2) is 4.83. The van der Waals surface area contributed by atoms with Crippen molar-refractivity contribution in [3.63, 3.8) is 0 Å². The van der Waals surface area contributed by atoms with E-state index in [1.807, 2.05) is 24.9 Å². The summed E-state index contributed by atoms with van der Waals surface area (Å²) >= 11 is 1.62. The summed E-state index contributed by atoms with van der Waals surface area (Å²) in [5, 5.41) is 14.3. The van der Waals surface area contributed by atoms with E-state index in [1.54, 1.807) is 11.3 Å². The number of rotatable bonds is 4. The SMILES string of the molecule is Cc1cc(CN(C)c2nnc(C(C)C)s2)no1. The quantitative estimate of drug-likeness (QED) is 0.837. The summed E-state index contributed by atoms with van der Waals surface area (Å²) < 4.78 is 5.04. The van der Waals surface area contributed by atoms with Gasteiger partial charge in [-0.15, -0.1) is 10.2 Å². The lowest BCUT2D eigenvalue weighted by Crippen LogP contribution is -2.16. The smallest absolute Gasteiger partial charge is 0.208 e. The van der Waals surface area contributed by atoms with E-state index in [1.165, 1.54) is 0 Å². The summed E-state index contributed by atoms with van der Waals surface area (Å²) in [5.74, 6) is 1.25. The Balaban J connectivity index is 2.06. The van der Waals surface area contributed by atoms with Crippen molar-refractivity contribution < 1.29 is 4.52 Å². The van der Waals surface area contributed by atoms with Gasteiger partial charge < -0.3 is 9.42 Å². The third kappa shape index (κ3) is 2.82. The standard InChI is InChI=1S/C11H16N4OS/c1-7(2)10-12-13-11(17-10)15(4)6-9-5-8(3)16-14-9/h5,7H,6H2,1-4H3.